The lowest BCUT2D eigenvalue weighted by atomic mass is 9.75. The summed E-state index contributed by atoms with van der Waals surface area (Å²) >= 11 is 10.8. The topological polar surface area (TPSA) is 115 Å². The van der Waals surface area contributed by atoms with Gasteiger partial charge in [-0.25, -0.2) is 37.8 Å². The van der Waals surface area contributed by atoms with E-state index in [0.29, 0.717) is 34.5 Å². The summed E-state index contributed by atoms with van der Waals surface area (Å²) in [4.78, 5) is 56.0. The first kappa shape index (κ1) is 118. The lowest BCUT2D eigenvalue weighted by Crippen LogP contribution is -2.49. The first-order valence-corrected chi connectivity index (χ1v) is 63.5. The minimum atomic E-state index is -1.18. The fraction of sp³-hybridized carbons (Fsp3) is 0.609. The molecular weight excluding hydrogens is 1950 g/mol. The van der Waals surface area contributed by atoms with Crippen LogP contribution < -0.4 is 19.3 Å². The molecule has 12 rings (SSSR count). The Bertz CT molecular complexity index is 5440. The maximum atomic E-state index is 15.5. The van der Waals surface area contributed by atoms with E-state index in [4.69, 9.17) is 22.6 Å². The first-order valence-electron chi connectivity index (χ1n) is 58.6. The van der Waals surface area contributed by atoms with Crippen LogP contribution >= 0.6 is 68.0 Å². The van der Waals surface area contributed by atoms with E-state index < -0.39 is 34.8 Å². The smallest absolute Gasteiger partial charge is 0.270 e. The number of benzene rings is 2. The number of rotatable bonds is 73. The van der Waals surface area contributed by atoms with Gasteiger partial charge >= 0.3 is 0 Å². The zero-order valence-electron chi connectivity index (χ0n) is 91.6. The number of hydrogen-bond acceptors (Lipinski definition) is 14. The van der Waals surface area contributed by atoms with Crippen molar-refractivity contribution in [3.8, 4) is 72.4 Å². The van der Waals surface area contributed by atoms with E-state index in [0.717, 1.165) is 237 Å². The maximum Gasteiger partial charge on any atom is 0.270 e. The quantitative estimate of drug-likeness (QED) is 0.0122. The number of allylic oxidation sites excluding steroid dienone is 6. The second-order valence-corrected chi connectivity index (χ2v) is 49.4. The third kappa shape index (κ3) is 30.7. The van der Waals surface area contributed by atoms with Crippen molar-refractivity contribution in [2.24, 2.45) is 11.8 Å². The number of ether oxygens (including phenoxy) is 2. The molecule has 0 radical (unpaired) electrons. The van der Waals surface area contributed by atoms with E-state index in [2.05, 4.69) is 113 Å². The third-order valence-corrected chi connectivity index (χ3v) is 39.5. The Hall–Kier alpha value is -8.18. The number of carbonyl (C=O) groups excluding carboxylic acids is 2. The van der Waals surface area contributed by atoms with Gasteiger partial charge in [-0.2, -0.15) is 0 Å². The zero-order chi connectivity index (χ0) is 105. The van der Waals surface area contributed by atoms with Gasteiger partial charge in [0.05, 0.1) is 100.0 Å². The molecule has 802 valence electrons. The fourth-order valence-corrected chi connectivity index (χ4v) is 30.8. The van der Waals surface area contributed by atoms with Crippen LogP contribution in [-0.2, 0) is 11.1 Å². The first-order chi connectivity index (χ1) is 72.3. The standard InChI is InChI=1S/C128H172F4N6O4S6/c1-13-23-31-37-41-45-49-53-57-61-69-127(70-62-58-54-50-46-42-38-32-24-14-2)101-83-113(145-121(101)123-109(137(127)73-65-35-27-17-5)85-115(147-123)125-111(141-89-91(21-9)67-29-19-7)77-93(143-125)75-99-117(107(87-133)135-11)95-79-103(129)105(131)81-97(95)119(99)139)114-84-102-122(146-114)124-110(138(74-66-36-28-18-6)128(102,71-63-59-55-51-47-43-39-33-25-15-3)72-64-60-56-52-48-44-40-34-26-16-4)86-116(148-124)126-112(142-90-92(22-10)68-30-20-8)78-94(144-126)76-100-118(108(88-134)136-12)96-80-104(130)106(132)82-98(96)120(100)140/h75-86,91-92H,13-74,89-90H2,1-10H3/b99-75-,100-76-,117-107+,118-108?. The fourth-order valence-electron chi connectivity index (χ4n) is 23.3. The van der Waals surface area contributed by atoms with Crippen LogP contribution in [0.2, 0.25) is 0 Å². The minimum Gasteiger partial charge on any atom is -0.492 e. The predicted octanol–water partition coefficient (Wildman–Crippen LogP) is 43.4. The SMILES string of the molecule is [C-]#[N+]C(C#N)=C1/C(=C/c2cc(OCC(CC)CCCC)c(-c3cc4c(s3)-c3sc(-c5cc6c(s5)-c5sc(-c7sc(/C=C8\C(=O)c9cc(F)c(F)cc9\C8=C(\C#N)[N+]#[C-])cc7OCC(CC)CCCC)cc5N(CCCCCC)C6(CCCCCCCCCCCC)CCCCCCCCCCCC)cc3C(CCCCCCCCCCCC)(CCCCCCCCCCCC)N4CCCCCC)s2)C(=O)c2cc(F)c(F)cc21. The summed E-state index contributed by atoms with van der Waals surface area (Å²) in [5.41, 5.74) is 3.95. The number of thiophene rings is 6. The Morgan fingerprint density at radius 3 is 0.885 bits per heavy atom. The van der Waals surface area contributed by atoms with E-state index in [1.807, 2.05) is 69.6 Å². The van der Waals surface area contributed by atoms with Crippen molar-refractivity contribution >= 4 is 114 Å². The van der Waals surface area contributed by atoms with E-state index in [1.54, 1.807) is 12.2 Å². The highest BCUT2D eigenvalue weighted by Crippen LogP contribution is 2.66. The summed E-state index contributed by atoms with van der Waals surface area (Å²) in [7, 11) is 0. The van der Waals surface area contributed by atoms with Crippen LogP contribution in [0.25, 0.3) is 81.8 Å². The number of anilines is 2. The molecule has 0 spiro atoms. The Morgan fingerprint density at radius 1 is 0.338 bits per heavy atom. The monoisotopic (exact) mass is 2130 g/mol. The van der Waals surface area contributed by atoms with Crippen LogP contribution in [0, 0.1) is 70.9 Å². The molecule has 6 aromatic heterocycles. The van der Waals surface area contributed by atoms with E-state index in [1.165, 1.54) is 280 Å². The summed E-state index contributed by atoms with van der Waals surface area (Å²) in [5, 5.41) is 21.2. The number of hydrogen-bond donors (Lipinski definition) is 0. The zero-order valence-corrected chi connectivity index (χ0v) is 96.5. The van der Waals surface area contributed by atoms with Gasteiger partial charge in [0.2, 0.25) is 0 Å². The van der Waals surface area contributed by atoms with Crippen molar-refractivity contribution in [3.63, 3.8) is 0 Å². The molecule has 8 aromatic rings. The van der Waals surface area contributed by atoms with Gasteiger partial charge in [-0.05, 0) is 158 Å². The molecule has 2 aromatic carbocycles. The molecule has 0 bridgehead atoms. The van der Waals surface area contributed by atoms with Crippen molar-refractivity contribution < 1.29 is 36.6 Å². The average molecular weight is 2130 g/mol. The molecule has 0 amide bonds. The molecule has 0 saturated carbocycles. The number of Topliss-reactive ketones (excluding diaryl/α,β-unsaturated/α-hetero) is 2. The summed E-state index contributed by atoms with van der Waals surface area (Å²) in [6.07, 6.45) is 74.2. The van der Waals surface area contributed by atoms with Crippen LogP contribution in [0.1, 0.15) is 507 Å². The Balaban J connectivity index is 1.11. The number of nitriles is 2. The summed E-state index contributed by atoms with van der Waals surface area (Å²) in [5.74, 6) is -3.88. The molecule has 2 unspecified atom stereocenters. The van der Waals surface area contributed by atoms with Crippen molar-refractivity contribution in [1.82, 2.24) is 0 Å². The second-order valence-electron chi connectivity index (χ2n) is 43.0. The Kier molecular flexibility index (Phi) is 49.8. The van der Waals surface area contributed by atoms with Gasteiger partial charge in [0.1, 0.15) is 11.5 Å². The highest BCUT2D eigenvalue weighted by molar-refractivity contribution is 7.31. The van der Waals surface area contributed by atoms with Gasteiger partial charge in [0.15, 0.2) is 34.8 Å². The molecule has 2 aliphatic heterocycles. The van der Waals surface area contributed by atoms with Crippen molar-refractivity contribution in [1.29, 1.82) is 10.5 Å². The summed E-state index contributed by atoms with van der Waals surface area (Å²) < 4.78 is 76.3. The summed E-state index contributed by atoms with van der Waals surface area (Å²) in [6, 6.07) is 22.2. The molecule has 2 aliphatic carbocycles. The van der Waals surface area contributed by atoms with Gasteiger partial charge in [0, 0.05) is 66.0 Å². The van der Waals surface area contributed by atoms with Crippen molar-refractivity contribution in [3.05, 3.63) is 172 Å². The molecule has 20 heteroatoms. The molecule has 148 heavy (non-hydrogen) atoms. The van der Waals surface area contributed by atoms with Crippen LogP contribution in [-0.4, -0.2) is 37.9 Å². The predicted molar refractivity (Wildman–Crippen MR) is 626 cm³/mol. The molecule has 0 fully saturated rings. The van der Waals surface area contributed by atoms with Crippen LogP contribution in [0.15, 0.2) is 83.2 Å². The number of carbonyl (C=O) groups is 2. The van der Waals surface area contributed by atoms with Gasteiger partial charge in [-0.3, -0.25) is 9.59 Å². The largest absolute Gasteiger partial charge is 0.492 e. The van der Waals surface area contributed by atoms with Gasteiger partial charge < -0.3 is 19.3 Å². The van der Waals surface area contributed by atoms with E-state index >= 15 is 17.6 Å². The van der Waals surface area contributed by atoms with E-state index in [9.17, 15) is 20.1 Å². The van der Waals surface area contributed by atoms with Gasteiger partial charge in [0.25, 0.3) is 11.4 Å². The lowest BCUT2D eigenvalue weighted by molar-refractivity contribution is 0.103. The van der Waals surface area contributed by atoms with Crippen LogP contribution in [0.4, 0.5) is 28.9 Å². The molecule has 2 atom stereocenters. The molecule has 4 aliphatic rings. The van der Waals surface area contributed by atoms with Crippen LogP contribution in [0.5, 0.6) is 11.5 Å². The molecule has 10 nitrogen and oxygen atoms in total. The number of fused-ring (bicyclic) bond motifs is 8. The normalized spacial score (nSPS) is 15.4. The average Bonchev–Trinajstić information content (AvgIpc) is 1.54. The van der Waals surface area contributed by atoms with Gasteiger partial charge in [-0.1, -0.05) is 403 Å². The Labute approximate surface area is 912 Å². The number of halogens is 4. The van der Waals surface area contributed by atoms with E-state index in [-0.39, 0.29) is 78.9 Å². The minimum absolute atomic E-state index is 0.00570. The molecule has 8 heterocycles. The summed E-state index contributed by atoms with van der Waals surface area (Å²) in [6.45, 7) is 42.0. The molecule has 0 N–H and O–H groups in total. The highest BCUT2D eigenvalue weighted by atomic mass is 32.1. The maximum absolute atomic E-state index is 15.5. The van der Waals surface area contributed by atoms with Crippen LogP contribution in [0.3, 0.4) is 0 Å². The van der Waals surface area contributed by atoms with Crippen molar-refractivity contribution in [2.45, 2.75) is 466 Å². The highest BCUT2D eigenvalue weighted by Gasteiger charge is 2.50. The van der Waals surface area contributed by atoms with Crippen molar-refractivity contribution in [2.75, 3.05) is 36.1 Å². The number of unbranched alkanes of at least 4 members (excludes halogenated alkanes) is 44. The third-order valence-electron chi connectivity index (χ3n) is 32.0. The second kappa shape index (κ2) is 62.2. The lowest BCUT2D eigenvalue weighted by Gasteiger charge is -2.49. The molecular formula is C128H172F4N6O4S6. The van der Waals surface area contributed by atoms with Gasteiger partial charge in [-0.15, -0.1) is 68.0 Å². The number of nitrogens with zero attached hydrogens (tertiary/aromatic N) is 6. The number of ketones is 2. The molecule has 0 saturated heterocycles. The Morgan fingerprint density at radius 2 is 0.608 bits per heavy atom.